The minimum absolute atomic E-state index is 0.0511. The van der Waals surface area contributed by atoms with E-state index in [9.17, 15) is 14.4 Å². The van der Waals surface area contributed by atoms with E-state index in [4.69, 9.17) is 15.9 Å². The number of allylic oxidation sites excluding steroid dienone is 1. The Labute approximate surface area is 223 Å². The van der Waals surface area contributed by atoms with Crippen molar-refractivity contribution in [2.45, 2.75) is 38.8 Å². The summed E-state index contributed by atoms with van der Waals surface area (Å²) in [6.07, 6.45) is 4.97. The normalized spacial score (nSPS) is 11.2. The van der Waals surface area contributed by atoms with Gasteiger partial charge in [0.2, 0.25) is 6.41 Å². The van der Waals surface area contributed by atoms with Crippen molar-refractivity contribution in [1.29, 1.82) is 0 Å². The minimum Gasteiger partial charge on any atom is -0.480 e. The Kier molecular flexibility index (Phi) is 15.0. The fourth-order valence-corrected chi connectivity index (χ4v) is 3.61. The lowest BCUT2D eigenvalue weighted by Gasteiger charge is -2.21. The van der Waals surface area contributed by atoms with E-state index < -0.39 is 12.0 Å². The van der Waals surface area contributed by atoms with Crippen LogP contribution in [0.25, 0.3) is 0 Å². The average molecular weight is 523 g/mol. The molecule has 1 aromatic heterocycles. The van der Waals surface area contributed by atoms with E-state index in [2.05, 4.69) is 34.9 Å². The van der Waals surface area contributed by atoms with E-state index >= 15 is 0 Å². The van der Waals surface area contributed by atoms with Crippen LogP contribution in [-0.4, -0.2) is 46.9 Å². The van der Waals surface area contributed by atoms with Crippen molar-refractivity contribution in [3.05, 3.63) is 118 Å². The number of hydrogen-bond donors (Lipinski definition) is 5. The lowest BCUT2D eigenvalue weighted by Crippen LogP contribution is -2.36. The second-order valence-corrected chi connectivity index (χ2v) is 8.12. The number of aliphatic carboxylic acids is 1. The van der Waals surface area contributed by atoms with Crippen molar-refractivity contribution in [2.24, 2.45) is 5.73 Å². The first-order valence-corrected chi connectivity index (χ1v) is 12.2. The van der Waals surface area contributed by atoms with Crippen LogP contribution in [-0.2, 0) is 9.59 Å². The molecular weight excluding hydrogens is 484 g/mol. The van der Waals surface area contributed by atoms with Gasteiger partial charge < -0.3 is 31.1 Å². The number of hydrogen-bond acceptors (Lipinski definition) is 6. The molecule has 9 heteroatoms. The number of nitrogens with one attached hydrogen (secondary N) is 2. The zero-order chi connectivity index (χ0) is 28.3. The highest BCUT2D eigenvalue weighted by Crippen LogP contribution is 2.25. The van der Waals surface area contributed by atoms with Crippen molar-refractivity contribution in [1.82, 2.24) is 15.2 Å². The van der Waals surface area contributed by atoms with Crippen molar-refractivity contribution < 1.29 is 19.8 Å². The van der Waals surface area contributed by atoms with Crippen LogP contribution >= 0.6 is 0 Å². The average Bonchev–Trinajstić information content (AvgIpc) is 2.95. The summed E-state index contributed by atoms with van der Waals surface area (Å²) in [5, 5.41) is 20.8. The highest BCUT2D eigenvalue weighted by atomic mass is 16.4. The zero-order valence-electron chi connectivity index (χ0n) is 22.1. The Hall–Kier alpha value is -4.37. The van der Waals surface area contributed by atoms with Gasteiger partial charge in [-0.3, -0.25) is 9.59 Å². The van der Waals surface area contributed by atoms with Gasteiger partial charge in [-0.05, 0) is 50.0 Å². The number of aliphatic hydroxyl groups excluding tert-OH is 1. The third-order valence-electron chi connectivity index (χ3n) is 5.55. The van der Waals surface area contributed by atoms with Gasteiger partial charge in [-0.15, -0.1) is 0 Å². The first kappa shape index (κ1) is 31.7. The number of carboxylic acid groups (broad SMARTS) is 1. The van der Waals surface area contributed by atoms with E-state index in [1.807, 2.05) is 61.7 Å². The van der Waals surface area contributed by atoms with E-state index in [1.165, 1.54) is 0 Å². The SMILES string of the molecule is C/C=C(\N)NCCCC(NC=O)C(=O)O.CO.Cc1cccn(C(c2ccccc2)c2ccccc2)c1=O. The van der Waals surface area contributed by atoms with Gasteiger partial charge in [0.25, 0.3) is 5.56 Å². The van der Waals surface area contributed by atoms with E-state index in [0.717, 1.165) is 23.8 Å². The summed E-state index contributed by atoms with van der Waals surface area (Å²) in [6, 6.07) is 23.1. The van der Waals surface area contributed by atoms with Gasteiger partial charge in [0.15, 0.2) is 0 Å². The summed E-state index contributed by atoms with van der Waals surface area (Å²) >= 11 is 0. The number of aromatic nitrogens is 1. The monoisotopic (exact) mass is 522 g/mol. The highest BCUT2D eigenvalue weighted by molar-refractivity contribution is 5.76. The van der Waals surface area contributed by atoms with Gasteiger partial charge in [-0.25, -0.2) is 4.79 Å². The molecule has 1 heterocycles. The van der Waals surface area contributed by atoms with Crippen molar-refractivity contribution in [3.63, 3.8) is 0 Å². The highest BCUT2D eigenvalue weighted by Gasteiger charge is 2.17. The number of aryl methyl sites for hydroxylation is 1. The molecule has 2 aromatic carbocycles. The van der Waals surface area contributed by atoms with Gasteiger partial charge in [-0.2, -0.15) is 0 Å². The lowest BCUT2D eigenvalue weighted by atomic mass is 9.98. The van der Waals surface area contributed by atoms with Gasteiger partial charge in [0.1, 0.15) is 6.04 Å². The molecule has 0 radical (unpaired) electrons. The third-order valence-corrected chi connectivity index (χ3v) is 5.55. The number of aliphatic hydroxyl groups is 1. The Bertz CT molecular complexity index is 1140. The molecule has 38 heavy (non-hydrogen) atoms. The Morgan fingerprint density at radius 1 is 1.00 bits per heavy atom. The number of carbonyl (C=O) groups excluding carboxylic acids is 1. The fraction of sp³-hybridized carbons (Fsp3) is 0.276. The summed E-state index contributed by atoms with van der Waals surface area (Å²) in [5.74, 6) is -0.466. The molecule has 0 saturated heterocycles. The molecular formula is C29H38N4O5. The maximum absolute atomic E-state index is 12.5. The zero-order valence-corrected chi connectivity index (χ0v) is 22.1. The molecule has 0 spiro atoms. The van der Waals surface area contributed by atoms with Crippen LogP contribution in [0.2, 0.25) is 0 Å². The van der Waals surface area contributed by atoms with Crippen LogP contribution in [0.1, 0.15) is 42.5 Å². The molecule has 204 valence electrons. The van der Waals surface area contributed by atoms with Crippen LogP contribution in [0.5, 0.6) is 0 Å². The lowest BCUT2D eigenvalue weighted by molar-refractivity contribution is -0.140. The van der Waals surface area contributed by atoms with E-state index in [-0.39, 0.29) is 11.6 Å². The summed E-state index contributed by atoms with van der Waals surface area (Å²) in [5.41, 5.74) is 8.50. The first-order valence-electron chi connectivity index (χ1n) is 12.2. The Morgan fingerprint density at radius 3 is 2.03 bits per heavy atom. The first-order chi connectivity index (χ1) is 18.4. The van der Waals surface area contributed by atoms with E-state index in [1.54, 1.807) is 17.6 Å². The Morgan fingerprint density at radius 2 is 1.55 bits per heavy atom. The largest absolute Gasteiger partial charge is 0.480 e. The number of carboxylic acids is 1. The van der Waals surface area contributed by atoms with Gasteiger partial charge in [0, 0.05) is 25.4 Å². The van der Waals surface area contributed by atoms with Gasteiger partial charge in [-0.1, -0.05) is 66.7 Å². The molecule has 1 unspecified atom stereocenters. The molecule has 0 bridgehead atoms. The van der Waals surface area contributed by atoms with Crippen LogP contribution in [0.15, 0.2) is 95.7 Å². The summed E-state index contributed by atoms with van der Waals surface area (Å²) in [4.78, 5) is 33.2. The maximum atomic E-state index is 12.5. The summed E-state index contributed by atoms with van der Waals surface area (Å²) in [6.45, 7) is 4.24. The topological polar surface area (TPSA) is 147 Å². The van der Waals surface area contributed by atoms with Crippen molar-refractivity contribution in [3.8, 4) is 0 Å². The Balaban J connectivity index is 0.000000378. The number of nitrogens with zero attached hydrogens (tertiary/aromatic N) is 1. The molecule has 0 aliphatic heterocycles. The quantitative estimate of drug-likeness (QED) is 0.192. The molecule has 0 aliphatic carbocycles. The maximum Gasteiger partial charge on any atom is 0.326 e. The fourth-order valence-electron chi connectivity index (χ4n) is 3.61. The summed E-state index contributed by atoms with van der Waals surface area (Å²) < 4.78 is 1.81. The number of carbonyl (C=O) groups is 2. The van der Waals surface area contributed by atoms with Crippen LogP contribution in [0, 0.1) is 6.92 Å². The van der Waals surface area contributed by atoms with Crippen molar-refractivity contribution >= 4 is 12.4 Å². The minimum atomic E-state index is -1.03. The molecule has 0 saturated carbocycles. The predicted octanol–water partition coefficient (Wildman–Crippen LogP) is 2.78. The van der Waals surface area contributed by atoms with Crippen LogP contribution in [0.4, 0.5) is 0 Å². The molecule has 3 aromatic rings. The molecule has 1 atom stereocenters. The van der Waals surface area contributed by atoms with E-state index in [0.29, 0.717) is 31.6 Å². The van der Waals surface area contributed by atoms with Crippen LogP contribution < -0.4 is 21.9 Å². The summed E-state index contributed by atoms with van der Waals surface area (Å²) in [7, 11) is 1.00. The second kappa shape index (κ2) is 18.0. The smallest absolute Gasteiger partial charge is 0.326 e. The van der Waals surface area contributed by atoms with Gasteiger partial charge >= 0.3 is 5.97 Å². The molecule has 0 aliphatic rings. The number of benzene rings is 2. The molecule has 1 amide bonds. The molecule has 9 nitrogen and oxygen atoms in total. The second-order valence-electron chi connectivity index (χ2n) is 8.12. The number of pyridine rings is 1. The molecule has 0 fully saturated rings. The number of nitrogens with two attached hydrogens (primary N) is 1. The van der Waals surface area contributed by atoms with Crippen molar-refractivity contribution in [2.75, 3.05) is 13.7 Å². The number of rotatable bonds is 11. The molecule has 3 rings (SSSR count). The third kappa shape index (κ3) is 10.3. The molecule has 6 N–H and O–H groups in total. The van der Waals surface area contributed by atoms with Crippen LogP contribution in [0.3, 0.4) is 0 Å². The standard InChI is InChI=1S/C19H17NO.C9H17N3O3.CH4O/c1-15-9-8-14-20(19(15)21)18(16-10-4-2-5-11-16)17-12-6-3-7-13-17;1-2-8(10)11-5-3-4-7(9(14)15)12-6-13;1-2/h2-14,18H,1H3;2,6-7,11H,3-5,10H2,1H3,(H,12,13)(H,14,15);2H,1H3/b;8-2+;. The number of amides is 1. The van der Waals surface area contributed by atoms with Gasteiger partial charge in [0.05, 0.1) is 11.9 Å². The predicted molar refractivity (Wildman–Crippen MR) is 150 cm³/mol.